The number of aliphatic carboxylic acids is 4. The molecule has 119 valence electrons. The van der Waals surface area contributed by atoms with Crippen molar-refractivity contribution < 1.29 is 175 Å². The van der Waals surface area contributed by atoms with Crippen LogP contribution in [0.3, 0.4) is 0 Å². The third-order valence-corrected chi connectivity index (χ3v) is 2.14. The zero-order valence-electron chi connectivity index (χ0n) is 14.8. The average Bonchev–Trinajstić information content (AvgIpc) is 2.22. The van der Waals surface area contributed by atoms with Crippen LogP contribution in [0, 0.1) is 0 Å². The predicted molar refractivity (Wildman–Crippen MR) is 52.9 cm³/mol. The van der Waals surface area contributed by atoms with Crippen LogP contribution in [0.2, 0.25) is 0 Å². The molecule has 1 radical (unpaired) electrons. The molecule has 0 atom stereocenters. The molecule has 0 aliphatic carbocycles. The molecular formula is C10H12MnN2Na4O8+2. The van der Waals surface area contributed by atoms with Crippen molar-refractivity contribution in [3.63, 3.8) is 0 Å². The van der Waals surface area contributed by atoms with Crippen LogP contribution in [0.4, 0.5) is 0 Å². The average molecular weight is 435 g/mol. The molecule has 0 spiro atoms. The molecule has 0 aliphatic heterocycles. The Balaban J connectivity index is -0.000000180. The number of carboxylic acid groups (broad SMARTS) is 4. The van der Waals surface area contributed by atoms with E-state index in [4.69, 9.17) is 0 Å². The molecule has 0 fully saturated rings. The molecule has 0 saturated heterocycles. The van der Waals surface area contributed by atoms with Crippen LogP contribution in [0.15, 0.2) is 0 Å². The van der Waals surface area contributed by atoms with Gasteiger partial charge in [-0.05, 0) is 0 Å². The van der Waals surface area contributed by atoms with Gasteiger partial charge in [-0.15, -0.1) is 0 Å². The maximum atomic E-state index is 10.4. The smallest absolute Gasteiger partial charge is 0.549 e. The quantitative estimate of drug-likeness (QED) is 0.284. The van der Waals surface area contributed by atoms with Gasteiger partial charge in [0, 0.05) is 39.3 Å². The minimum Gasteiger partial charge on any atom is -0.549 e. The number of nitrogens with zero attached hydrogens (tertiary/aromatic N) is 2. The first-order chi connectivity index (χ1) is 9.20. The Hall–Kier alpha value is 2.32. The Bertz CT molecular complexity index is 337. The summed E-state index contributed by atoms with van der Waals surface area (Å²) in [5, 5.41) is 41.6. The van der Waals surface area contributed by atoms with E-state index in [1.165, 1.54) is 0 Å². The van der Waals surface area contributed by atoms with E-state index in [0.717, 1.165) is 9.80 Å². The van der Waals surface area contributed by atoms with Crippen molar-refractivity contribution >= 4 is 23.9 Å². The number of hydrogen-bond donors (Lipinski definition) is 0. The molecule has 0 amide bonds. The van der Waals surface area contributed by atoms with Gasteiger partial charge in [0.2, 0.25) is 0 Å². The van der Waals surface area contributed by atoms with E-state index >= 15 is 0 Å². The van der Waals surface area contributed by atoms with Gasteiger partial charge in [-0.2, -0.15) is 0 Å². The first kappa shape index (κ1) is 41.6. The fourth-order valence-electron chi connectivity index (χ4n) is 1.44. The van der Waals surface area contributed by atoms with E-state index in [0.29, 0.717) is 0 Å². The summed E-state index contributed by atoms with van der Waals surface area (Å²) in [6.07, 6.45) is 0. The second-order valence-corrected chi connectivity index (χ2v) is 3.91. The van der Waals surface area contributed by atoms with Gasteiger partial charge in [0.25, 0.3) is 0 Å². The van der Waals surface area contributed by atoms with E-state index in [-0.39, 0.29) is 148 Å². The van der Waals surface area contributed by atoms with Crippen molar-refractivity contribution in [2.24, 2.45) is 0 Å². The van der Waals surface area contributed by atoms with Gasteiger partial charge in [0.1, 0.15) is 0 Å². The minimum absolute atomic E-state index is 0. The van der Waals surface area contributed by atoms with Gasteiger partial charge in [0.15, 0.2) is 0 Å². The van der Waals surface area contributed by atoms with Crippen LogP contribution in [-0.2, 0) is 36.2 Å². The molecule has 0 rings (SSSR count). The molecule has 0 bridgehead atoms. The van der Waals surface area contributed by atoms with E-state index in [2.05, 4.69) is 0 Å². The largest absolute Gasteiger partial charge is 2.00 e. The number of carbonyl (C=O) groups excluding carboxylic acids is 4. The second kappa shape index (κ2) is 24.4. The van der Waals surface area contributed by atoms with Crippen LogP contribution in [-0.4, -0.2) is 72.9 Å². The summed E-state index contributed by atoms with van der Waals surface area (Å²) in [4.78, 5) is 43.4. The molecule has 0 aliphatic rings. The molecule has 10 nitrogen and oxygen atoms in total. The van der Waals surface area contributed by atoms with Crippen LogP contribution < -0.4 is 139 Å². The number of carboxylic acids is 4. The summed E-state index contributed by atoms with van der Waals surface area (Å²) in [7, 11) is 0. The van der Waals surface area contributed by atoms with Crippen LogP contribution in [0.1, 0.15) is 0 Å². The Kier molecular flexibility index (Phi) is 40.6. The zero-order chi connectivity index (χ0) is 15.7. The summed E-state index contributed by atoms with van der Waals surface area (Å²) < 4.78 is 0. The summed E-state index contributed by atoms with van der Waals surface area (Å²) in [5.41, 5.74) is 0. The predicted octanol–water partition coefficient (Wildman–Crippen LogP) is -19.4. The molecule has 25 heavy (non-hydrogen) atoms. The molecule has 0 aromatic carbocycles. The van der Waals surface area contributed by atoms with Crippen LogP contribution >= 0.6 is 0 Å². The van der Waals surface area contributed by atoms with E-state index in [9.17, 15) is 39.6 Å². The molecule has 0 aromatic heterocycles. The molecule has 15 heteroatoms. The second-order valence-electron chi connectivity index (χ2n) is 3.91. The fourth-order valence-corrected chi connectivity index (χ4v) is 1.44. The van der Waals surface area contributed by atoms with Crippen molar-refractivity contribution in [2.45, 2.75) is 0 Å². The monoisotopic (exact) mass is 435 g/mol. The summed E-state index contributed by atoms with van der Waals surface area (Å²) in [6.45, 7) is -3.25. The Labute approximate surface area is 244 Å². The van der Waals surface area contributed by atoms with Gasteiger partial charge in [0.05, 0.1) is 23.9 Å². The van der Waals surface area contributed by atoms with Gasteiger partial charge in [-0.1, -0.05) is 0 Å². The first-order valence-electron chi connectivity index (χ1n) is 5.44. The molecule has 0 heterocycles. The normalized spacial score (nSPS) is 8.56. The van der Waals surface area contributed by atoms with Crippen molar-refractivity contribution in [1.29, 1.82) is 0 Å². The molecule has 0 unspecified atom stereocenters. The summed E-state index contributed by atoms with van der Waals surface area (Å²) >= 11 is 0. The van der Waals surface area contributed by atoms with Crippen molar-refractivity contribution in [3.05, 3.63) is 0 Å². The van der Waals surface area contributed by atoms with Gasteiger partial charge < -0.3 is 39.6 Å². The van der Waals surface area contributed by atoms with E-state index in [1.54, 1.807) is 0 Å². The van der Waals surface area contributed by atoms with Gasteiger partial charge in [-0.25, -0.2) is 0 Å². The topological polar surface area (TPSA) is 167 Å². The van der Waals surface area contributed by atoms with Crippen LogP contribution in [0.5, 0.6) is 0 Å². The number of rotatable bonds is 11. The van der Waals surface area contributed by atoms with E-state index < -0.39 is 50.1 Å². The molecular weight excluding hydrogens is 423 g/mol. The Morgan fingerprint density at radius 1 is 0.520 bits per heavy atom. The molecule has 0 saturated carbocycles. The summed E-state index contributed by atoms with van der Waals surface area (Å²) in [5.74, 6) is -6.12. The van der Waals surface area contributed by atoms with Crippen LogP contribution in [0.25, 0.3) is 0 Å². The fraction of sp³-hybridized carbons (Fsp3) is 0.600. The number of carbonyl (C=O) groups is 4. The molecule has 0 aromatic rings. The van der Waals surface area contributed by atoms with E-state index in [1.807, 2.05) is 0 Å². The third-order valence-electron chi connectivity index (χ3n) is 2.14. The van der Waals surface area contributed by atoms with Gasteiger partial charge in [-0.3, -0.25) is 9.80 Å². The minimum atomic E-state index is -1.53. The van der Waals surface area contributed by atoms with Gasteiger partial charge >= 0.3 is 135 Å². The first-order valence-corrected chi connectivity index (χ1v) is 5.44. The molecule has 0 N–H and O–H groups in total. The zero-order valence-corrected chi connectivity index (χ0v) is 24.0. The Morgan fingerprint density at radius 3 is 0.800 bits per heavy atom. The van der Waals surface area contributed by atoms with Crippen molar-refractivity contribution in [2.75, 3.05) is 39.3 Å². The Morgan fingerprint density at radius 2 is 0.680 bits per heavy atom. The number of hydrogen-bond acceptors (Lipinski definition) is 10. The van der Waals surface area contributed by atoms with Crippen molar-refractivity contribution in [1.82, 2.24) is 9.80 Å². The van der Waals surface area contributed by atoms with Crippen molar-refractivity contribution in [3.8, 4) is 0 Å². The maximum Gasteiger partial charge on any atom is 2.00 e. The SMILES string of the molecule is O=C([O-])CN(CCN(CC(=O)[O-])CC(=O)[O-])CC(=O)[O-].[Mn+2].[Na+].[Na+].[Na+].[Na+]. The summed E-state index contributed by atoms with van der Waals surface area (Å²) in [6, 6.07) is 0. The standard InChI is InChI=1S/C10H16N2O8.Mn.4Na/c13-7(14)3-11(4-8(15)16)1-2-12(5-9(17)18)6-10(19)20;;;;;/h1-6H2,(H,13,14)(H,15,16)(H,17,18)(H,19,20);;;;;/q;+2;4*+1/p-4. The maximum absolute atomic E-state index is 10.4. The third kappa shape index (κ3) is 28.6.